The second kappa shape index (κ2) is 9.19. The summed E-state index contributed by atoms with van der Waals surface area (Å²) in [4.78, 5) is 17.1. The van der Waals surface area contributed by atoms with Gasteiger partial charge in [-0.05, 0) is 43.7 Å². The maximum absolute atomic E-state index is 12.5. The molecule has 0 saturated heterocycles. The number of carbonyl (C=O) groups is 1. The molecule has 2 aromatic heterocycles. The van der Waals surface area contributed by atoms with Gasteiger partial charge in [0.2, 0.25) is 0 Å². The number of imidazole rings is 1. The SMILES string of the molecule is CCCNCCNC(=O)c1ccccc1OCc1cn2cccc(C)c2n1. The first-order chi connectivity index (χ1) is 13.2. The number of benzene rings is 1. The Kier molecular flexibility index (Phi) is 6.44. The summed E-state index contributed by atoms with van der Waals surface area (Å²) in [7, 11) is 0. The molecule has 0 atom stereocenters. The van der Waals surface area contributed by atoms with Gasteiger partial charge < -0.3 is 19.8 Å². The Balaban J connectivity index is 1.63. The zero-order valence-electron chi connectivity index (χ0n) is 15.9. The fraction of sp³-hybridized carbons (Fsp3) is 0.333. The van der Waals surface area contributed by atoms with Crippen LogP contribution in [0.5, 0.6) is 5.75 Å². The number of rotatable bonds is 9. The standard InChI is InChI=1S/C21H26N4O2/c1-3-10-22-11-12-23-21(26)18-8-4-5-9-19(18)27-15-17-14-25-13-6-7-16(2)20(25)24-17/h4-9,13-14,22H,3,10-12,15H2,1-2H3,(H,23,26). The Morgan fingerprint density at radius 1 is 1.15 bits per heavy atom. The highest BCUT2D eigenvalue weighted by atomic mass is 16.5. The average molecular weight is 366 g/mol. The topological polar surface area (TPSA) is 67.7 Å². The van der Waals surface area contributed by atoms with Gasteiger partial charge in [0.05, 0.1) is 11.3 Å². The first-order valence-corrected chi connectivity index (χ1v) is 9.33. The van der Waals surface area contributed by atoms with Crippen molar-refractivity contribution in [2.75, 3.05) is 19.6 Å². The van der Waals surface area contributed by atoms with Crippen molar-refractivity contribution in [1.82, 2.24) is 20.0 Å². The van der Waals surface area contributed by atoms with Gasteiger partial charge in [0.1, 0.15) is 18.0 Å². The number of amides is 1. The fourth-order valence-corrected chi connectivity index (χ4v) is 2.87. The minimum Gasteiger partial charge on any atom is -0.486 e. The lowest BCUT2D eigenvalue weighted by atomic mass is 10.2. The summed E-state index contributed by atoms with van der Waals surface area (Å²) in [5.41, 5.74) is 3.39. The van der Waals surface area contributed by atoms with Crippen molar-refractivity contribution in [1.29, 1.82) is 0 Å². The number of nitrogens with one attached hydrogen (secondary N) is 2. The van der Waals surface area contributed by atoms with Gasteiger partial charge in [0, 0.05) is 25.5 Å². The van der Waals surface area contributed by atoms with E-state index in [-0.39, 0.29) is 5.91 Å². The Morgan fingerprint density at radius 2 is 2.00 bits per heavy atom. The van der Waals surface area contributed by atoms with E-state index in [1.54, 1.807) is 6.07 Å². The van der Waals surface area contributed by atoms with Gasteiger partial charge in [-0.1, -0.05) is 25.1 Å². The molecule has 0 radical (unpaired) electrons. The highest BCUT2D eigenvalue weighted by Gasteiger charge is 2.12. The molecule has 1 aromatic carbocycles. The molecule has 0 unspecified atom stereocenters. The van der Waals surface area contributed by atoms with Gasteiger partial charge in [-0.15, -0.1) is 0 Å². The highest BCUT2D eigenvalue weighted by molar-refractivity contribution is 5.96. The van der Waals surface area contributed by atoms with Gasteiger partial charge >= 0.3 is 0 Å². The predicted octanol–water partition coefficient (Wildman–Crippen LogP) is 2.95. The summed E-state index contributed by atoms with van der Waals surface area (Å²) < 4.78 is 7.89. The largest absolute Gasteiger partial charge is 0.486 e. The molecule has 27 heavy (non-hydrogen) atoms. The zero-order valence-corrected chi connectivity index (χ0v) is 15.9. The number of hydrogen-bond donors (Lipinski definition) is 2. The first-order valence-electron chi connectivity index (χ1n) is 9.33. The number of pyridine rings is 1. The lowest BCUT2D eigenvalue weighted by Gasteiger charge is -2.11. The molecule has 2 heterocycles. The monoisotopic (exact) mass is 366 g/mol. The number of aromatic nitrogens is 2. The molecule has 142 valence electrons. The molecular weight excluding hydrogens is 340 g/mol. The van der Waals surface area contributed by atoms with Crippen molar-refractivity contribution in [3.05, 3.63) is 65.6 Å². The van der Waals surface area contributed by atoms with Crippen LogP contribution in [0.2, 0.25) is 0 Å². The molecule has 0 saturated carbocycles. The lowest BCUT2D eigenvalue weighted by Crippen LogP contribution is -2.32. The van der Waals surface area contributed by atoms with Crippen LogP contribution in [0, 0.1) is 6.92 Å². The average Bonchev–Trinajstić information content (AvgIpc) is 3.11. The van der Waals surface area contributed by atoms with Crippen LogP contribution in [-0.2, 0) is 6.61 Å². The third-order valence-corrected chi connectivity index (χ3v) is 4.25. The summed E-state index contributed by atoms with van der Waals surface area (Å²) in [6, 6.07) is 11.3. The molecule has 3 aromatic rings. The van der Waals surface area contributed by atoms with Crippen LogP contribution >= 0.6 is 0 Å². The van der Waals surface area contributed by atoms with E-state index in [0.717, 1.165) is 36.4 Å². The van der Waals surface area contributed by atoms with Crippen molar-refractivity contribution in [2.24, 2.45) is 0 Å². The van der Waals surface area contributed by atoms with Crippen LogP contribution in [0.4, 0.5) is 0 Å². The number of para-hydroxylation sites is 1. The molecule has 0 aliphatic heterocycles. The molecule has 6 nitrogen and oxygen atoms in total. The molecule has 2 N–H and O–H groups in total. The normalized spacial score (nSPS) is 10.9. The van der Waals surface area contributed by atoms with Crippen LogP contribution in [0.25, 0.3) is 5.65 Å². The van der Waals surface area contributed by atoms with Crippen molar-refractivity contribution in [3.8, 4) is 5.75 Å². The number of ether oxygens (including phenoxy) is 1. The second-order valence-corrected chi connectivity index (χ2v) is 6.45. The molecule has 0 fully saturated rings. The lowest BCUT2D eigenvalue weighted by molar-refractivity contribution is 0.0949. The van der Waals surface area contributed by atoms with E-state index < -0.39 is 0 Å². The molecule has 0 bridgehead atoms. The first kappa shape index (κ1) is 18.9. The Hall–Kier alpha value is -2.86. The molecule has 0 spiro atoms. The second-order valence-electron chi connectivity index (χ2n) is 6.45. The van der Waals surface area contributed by atoms with Gasteiger partial charge in [0.25, 0.3) is 5.91 Å². The number of carbonyl (C=O) groups excluding carboxylic acids is 1. The van der Waals surface area contributed by atoms with Crippen LogP contribution in [0.15, 0.2) is 48.8 Å². The zero-order chi connectivity index (χ0) is 19.1. The van der Waals surface area contributed by atoms with Crippen LogP contribution in [0.1, 0.15) is 35.0 Å². The van der Waals surface area contributed by atoms with Gasteiger partial charge in [-0.3, -0.25) is 4.79 Å². The Labute approximate surface area is 159 Å². The summed E-state index contributed by atoms with van der Waals surface area (Å²) in [6.07, 6.45) is 4.99. The van der Waals surface area contributed by atoms with Crippen LogP contribution in [0.3, 0.4) is 0 Å². The number of aryl methyl sites for hydroxylation is 1. The molecule has 0 aliphatic rings. The highest BCUT2D eigenvalue weighted by Crippen LogP contribution is 2.19. The minimum absolute atomic E-state index is 0.130. The van der Waals surface area contributed by atoms with E-state index in [2.05, 4.69) is 22.5 Å². The summed E-state index contributed by atoms with van der Waals surface area (Å²) in [6.45, 7) is 6.74. The molecular formula is C21H26N4O2. The molecule has 3 rings (SSSR count). The quantitative estimate of drug-likeness (QED) is 0.572. The van der Waals surface area contributed by atoms with E-state index in [9.17, 15) is 4.79 Å². The third kappa shape index (κ3) is 4.86. The van der Waals surface area contributed by atoms with Crippen molar-refractivity contribution in [2.45, 2.75) is 26.9 Å². The van der Waals surface area contributed by atoms with E-state index in [1.807, 2.05) is 54.0 Å². The van der Waals surface area contributed by atoms with Crippen molar-refractivity contribution in [3.63, 3.8) is 0 Å². The number of fused-ring (bicyclic) bond motifs is 1. The Bertz CT molecular complexity index is 904. The fourth-order valence-electron chi connectivity index (χ4n) is 2.87. The minimum atomic E-state index is -0.130. The van der Waals surface area contributed by atoms with Gasteiger partial charge in [-0.2, -0.15) is 0 Å². The van der Waals surface area contributed by atoms with Gasteiger partial charge in [0.15, 0.2) is 0 Å². The van der Waals surface area contributed by atoms with E-state index in [1.165, 1.54) is 0 Å². The molecule has 1 amide bonds. The Morgan fingerprint density at radius 3 is 2.81 bits per heavy atom. The van der Waals surface area contributed by atoms with E-state index in [4.69, 9.17) is 4.74 Å². The number of hydrogen-bond acceptors (Lipinski definition) is 4. The smallest absolute Gasteiger partial charge is 0.255 e. The van der Waals surface area contributed by atoms with Crippen molar-refractivity contribution >= 4 is 11.6 Å². The molecule has 6 heteroatoms. The van der Waals surface area contributed by atoms with Crippen molar-refractivity contribution < 1.29 is 9.53 Å². The third-order valence-electron chi connectivity index (χ3n) is 4.25. The summed E-state index contributed by atoms with van der Waals surface area (Å²) >= 11 is 0. The summed E-state index contributed by atoms with van der Waals surface area (Å²) in [5, 5.41) is 6.19. The summed E-state index contributed by atoms with van der Waals surface area (Å²) in [5.74, 6) is 0.431. The van der Waals surface area contributed by atoms with E-state index in [0.29, 0.717) is 24.5 Å². The van der Waals surface area contributed by atoms with Crippen LogP contribution in [-0.4, -0.2) is 34.9 Å². The number of nitrogens with zero attached hydrogens (tertiary/aromatic N) is 2. The van der Waals surface area contributed by atoms with E-state index >= 15 is 0 Å². The molecule has 0 aliphatic carbocycles. The maximum Gasteiger partial charge on any atom is 0.255 e. The predicted molar refractivity (Wildman–Crippen MR) is 106 cm³/mol. The van der Waals surface area contributed by atoms with Crippen LogP contribution < -0.4 is 15.4 Å². The maximum atomic E-state index is 12.5. The van der Waals surface area contributed by atoms with Gasteiger partial charge in [-0.25, -0.2) is 4.98 Å².